The maximum absolute atomic E-state index is 12.8. The summed E-state index contributed by atoms with van der Waals surface area (Å²) in [5.74, 6) is 0.907. The molecule has 3 aromatic rings. The second-order valence-corrected chi connectivity index (χ2v) is 7.33. The number of aromatic nitrogens is 1. The number of hydrogen-bond acceptors (Lipinski definition) is 5. The topological polar surface area (TPSA) is 77.6 Å². The summed E-state index contributed by atoms with van der Waals surface area (Å²) in [7, 11) is 0.633. The lowest BCUT2D eigenvalue weighted by Crippen LogP contribution is -2.01. The fourth-order valence-corrected chi connectivity index (χ4v) is 3.74. The molecule has 0 amide bonds. The first kappa shape index (κ1) is 17.9. The second kappa shape index (κ2) is 7.13. The molecule has 1 N–H and O–H groups in total. The van der Waals surface area contributed by atoms with Crippen LogP contribution in [0.1, 0.15) is 5.56 Å². The molecule has 0 spiro atoms. The van der Waals surface area contributed by atoms with Gasteiger partial charge in [0, 0.05) is 23.7 Å². The van der Waals surface area contributed by atoms with Gasteiger partial charge in [0.15, 0.2) is 21.3 Å². The molecule has 1 aromatic heterocycles. The van der Waals surface area contributed by atoms with E-state index in [-0.39, 0.29) is 16.4 Å². The van der Waals surface area contributed by atoms with Crippen molar-refractivity contribution < 1.29 is 22.6 Å². The van der Waals surface area contributed by atoms with Crippen LogP contribution in [0.5, 0.6) is 17.2 Å². The van der Waals surface area contributed by atoms with Crippen molar-refractivity contribution in [2.45, 2.75) is 4.90 Å². The molecule has 0 bridgehead atoms. The monoisotopic (exact) mass is 373 g/mol. The van der Waals surface area contributed by atoms with E-state index in [1.165, 1.54) is 38.9 Å². The lowest BCUT2D eigenvalue weighted by atomic mass is 10.1. The van der Waals surface area contributed by atoms with Gasteiger partial charge in [0.1, 0.15) is 0 Å². The van der Waals surface area contributed by atoms with Gasteiger partial charge in [0.05, 0.1) is 31.7 Å². The number of aromatic amines is 1. The van der Waals surface area contributed by atoms with E-state index < -0.39 is 9.84 Å². The fraction of sp³-hybridized carbons (Fsp3) is 0.158. The van der Waals surface area contributed by atoms with Crippen LogP contribution in [0.4, 0.5) is 0 Å². The van der Waals surface area contributed by atoms with Gasteiger partial charge in [-0.2, -0.15) is 0 Å². The quantitative estimate of drug-likeness (QED) is 0.714. The Morgan fingerprint density at radius 3 is 2.27 bits per heavy atom. The van der Waals surface area contributed by atoms with Crippen LogP contribution in [0.3, 0.4) is 0 Å². The third-order valence-electron chi connectivity index (χ3n) is 4.01. The summed E-state index contributed by atoms with van der Waals surface area (Å²) in [6.45, 7) is 0. The minimum Gasteiger partial charge on any atom is -0.493 e. The smallest absolute Gasteiger partial charge is 0.203 e. The van der Waals surface area contributed by atoms with Crippen LogP contribution in [-0.4, -0.2) is 34.7 Å². The first-order chi connectivity index (χ1) is 12.5. The molecule has 3 rings (SSSR count). The zero-order valence-corrected chi connectivity index (χ0v) is 15.5. The summed E-state index contributed by atoms with van der Waals surface area (Å²) in [4.78, 5) is 3.17. The minimum absolute atomic E-state index is 0.0573. The lowest BCUT2D eigenvalue weighted by molar-refractivity contribution is 0.323. The number of methoxy groups -OCH3 is 3. The highest BCUT2D eigenvalue weighted by Crippen LogP contribution is 2.39. The van der Waals surface area contributed by atoms with E-state index in [2.05, 4.69) is 4.98 Å². The number of sulfone groups is 1. The Balaban J connectivity index is 2.04. The molecule has 1 heterocycles. The number of fused-ring (bicyclic) bond motifs is 1. The van der Waals surface area contributed by atoms with Crippen molar-refractivity contribution >= 4 is 26.8 Å². The van der Waals surface area contributed by atoms with Crippen molar-refractivity contribution in [3.8, 4) is 17.2 Å². The molecule has 0 saturated heterocycles. The Bertz CT molecular complexity index is 1040. The molecule has 0 aliphatic carbocycles. The van der Waals surface area contributed by atoms with E-state index in [9.17, 15) is 8.42 Å². The summed E-state index contributed by atoms with van der Waals surface area (Å²) in [6.07, 6.45) is 3.38. The van der Waals surface area contributed by atoms with Gasteiger partial charge in [-0.25, -0.2) is 8.42 Å². The molecule has 136 valence electrons. The molecule has 0 aliphatic heterocycles. The molecular formula is C19H19NO5S. The van der Waals surface area contributed by atoms with Crippen molar-refractivity contribution in [2.24, 2.45) is 0 Å². The van der Waals surface area contributed by atoms with Gasteiger partial charge in [-0.3, -0.25) is 0 Å². The van der Waals surface area contributed by atoms with Crippen molar-refractivity contribution in [1.82, 2.24) is 4.98 Å². The first-order valence-corrected chi connectivity index (χ1v) is 9.34. The van der Waals surface area contributed by atoms with Crippen molar-refractivity contribution in [3.05, 3.63) is 53.6 Å². The van der Waals surface area contributed by atoms with Crippen LogP contribution in [0.25, 0.3) is 17.0 Å². The summed E-state index contributed by atoms with van der Waals surface area (Å²) in [5, 5.41) is 2.18. The largest absolute Gasteiger partial charge is 0.493 e. The standard InChI is InChI=1S/C19H19NO5S/c1-23-16-11-15(12-17(24-2)19(16)25-3)26(21,22)10-8-14-6-4-5-13-7-9-20-18(13)14/h4-12,20H,1-3H3/b10-8+. The molecule has 26 heavy (non-hydrogen) atoms. The summed E-state index contributed by atoms with van der Waals surface area (Å²) >= 11 is 0. The predicted molar refractivity (Wildman–Crippen MR) is 101 cm³/mol. The molecule has 6 nitrogen and oxygen atoms in total. The molecule has 0 radical (unpaired) electrons. The molecule has 2 aromatic carbocycles. The molecule has 0 atom stereocenters. The number of para-hydroxylation sites is 1. The van der Waals surface area contributed by atoms with Crippen LogP contribution in [0, 0.1) is 0 Å². The number of hydrogen-bond donors (Lipinski definition) is 1. The normalized spacial score (nSPS) is 11.8. The van der Waals surface area contributed by atoms with Gasteiger partial charge in [0.25, 0.3) is 0 Å². The van der Waals surface area contributed by atoms with Crippen molar-refractivity contribution in [1.29, 1.82) is 0 Å². The SMILES string of the molecule is COc1cc(S(=O)(=O)/C=C/c2cccc3cc[nH]c23)cc(OC)c1OC. The number of nitrogens with one attached hydrogen (secondary N) is 1. The highest BCUT2D eigenvalue weighted by Gasteiger charge is 2.19. The molecular weight excluding hydrogens is 354 g/mol. The number of ether oxygens (including phenoxy) is 3. The van der Waals surface area contributed by atoms with E-state index in [1.807, 2.05) is 30.5 Å². The van der Waals surface area contributed by atoms with Crippen molar-refractivity contribution in [3.63, 3.8) is 0 Å². The Hall–Kier alpha value is -2.93. The van der Waals surface area contributed by atoms with Crippen LogP contribution in [-0.2, 0) is 9.84 Å². The van der Waals surface area contributed by atoms with Gasteiger partial charge >= 0.3 is 0 Å². The van der Waals surface area contributed by atoms with E-state index in [0.29, 0.717) is 5.75 Å². The highest BCUT2D eigenvalue weighted by atomic mass is 32.2. The zero-order valence-electron chi connectivity index (χ0n) is 14.6. The first-order valence-electron chi connectivity index (χ1n) is 7.79. The molecule has 0 saturated carbocycles. The summed E-state index contributed by atoms with van der Waals surface area (Å²) < 4.78 is 41.2. The number of benzene rings is 2. The maximum Gasteiger partial charge on any atom is 0.203 e. The van der Waals surface area contributed by atoms with E-state index in [0.717, 1.165) is 16.5 Å². The van der Waals surface area contributed by atoms with Gasteiger partial charge in [0.2, 0.25) is 5.75 Å². The van der Waals surface area contributed by atoms with Gasteiger partial charge in [-0.15, -0.1) is 0 Å². The average Bonchev–Trinajstić information content (AvgIpc) is 3.14. The van der Waals surface area contributed by atoms with E-state index in [4.69, 9.17) is 14.2 Å². The number of H-pyrrole nitrogens is 1. The van der Waals surface area contributed by atoms with E-state index >= 15 is 0 Å². The summed E-state index contributed by atoms with van der Waals surface area (Å²) in [6, 6.07) is 10.4. The average molecular weight is 373 g/mol. The molecule has 0 unspecified atom stereocenters. The lowest BCUT2D eigenvalue weighted by Gasteiger charge is -2.13. The van der Waals surface area contributed by atoms with Crippen LogP contribution in [0.15, 0.2) is 52.9 Å². The Kier molecular flexibility index (Phi) is 4.90. The molecule has 0 aliphatic rings. The van der Waals surface area contributed by atoms with Gasteiger partial charge in [-0.1, -0.05) is 18.2 Å². The van der Waals surface area contributed by atoms with Gasteiger partial charge < -0.3 is 19.2 Å². The van der Waals surface area contributed by atoms with Crippen LogP contribution in [0.2, 0.25) is 0 Å². The second-order valence-electron chi connectivity index (χ2n) is 5.50. The minimum atomic E-state index is -3.71. The highest BCUT2D eigenvalue weighted by molar-refractivity contribution is 7.94. The third-order valence-corrected chi connectivity index (χ3v) is 5.40. The molecule has 0 fully saturated rings. The molecule has 7 heteroatoms. The Morgan fingerprint density at radius 2 is 1.65 bits per heavy atom. The van der Waals surface area contributed by atoms with Crippen molar-refractivity contribution in [2.75, 3.05) is 21.3 Å². The predicted octanol–water partition coefficient (Wildman–Crippen LogP) is 3.64. The number of rotatable bonds is 6. The van der Waals surface area contributed by atoms with Gasteiger partial charge in [-0.05, 0) is 23.1 Å². The third kappa shape index (κ3) is 3.25. The Morgan fingerprint density at radius 1 is 0.962 bits per heavy atom. The fourth-order valence-electron chi connectivity index (χ4n) is 2.71. The zero-order chi connectivity index (χ0) is 18.7. The summed E-state index contributed by atoms with van der Waals surface area (Å²) in [5.41, 5.74) is 1.66. The Labute approximate surface area is 151 Å². The van der Waals surface area contributed by atoms with Crippen LogP contribution >= 0.6 is 0 Å². The maximum atomic E-state index is 12.8. The van der Waals surface area contributed by atoms with Crippen LogP contribution < -0.4 is 14.2 Å². The van der Waals surface area contributed by atoms with E-state index in [1.54, 1.807) is 6.08 Å².